The Labute approximate surface area is 80.0 Å². The summed E-state index contributed by atoms with van der Waals surface area (Å²) in [6.07, 6.45) is 9.52. The summed E-state index contributed by atoms with van der Waals surface area (Å²) in [6.45, 7) is 2.20. The van der Waals surface area contributed by atoms with E-state index in [9.17, 15) is 4.79 Å². The van der Waals surface area contributed by atoms with Gasteiger partial charge in [0.25, 0.3) is 0 Å². The Morgan fingerprint density at radius 1 is 1.54 bits per heavy atom. The van der Waals surface area contributed by atoms with Crippen LogP contribution in [0.15, 0.2) is 11.8 Å². The molecule has 0 aliphatic carbocycles. The molecule has 1 atom stereocenters. The van der Waals surface area contributed by atoms with E-state index in [-0.39, 0.29) is 6.10 Å². The van der Waals surface area contributed by atoms with Crippen LogP contribution >= 0.6 is 0 Å². The van der Waals surface area contributed by atoms with Crippen LogP contribution < -0.4 is 0 Å². The quantitative estimate of drug-likeness (QED) is 0.466. The average molecular weight is 182 g/mol. The number of allylic oxidation sites excluding steroid dienone is 1. The van der Waals surface area contributed by atoms with Crippen molar-refractivity contribution in [1.82, 2.24) is 0 Å². The highest BCUT2D eigenvalue weighted by molar-refractivity contribution is 5.57. The first kappa shape index (κ1) is 10.3. The van der Waals surface area contributed by atoms with E-state index in [0.29, 0.717) is 0 Å². The Hall–Kier alpha value is -0.790. The summed E-state index contributed by atoms with van der Waals surface area (Å²) in [4.78, 5) is 10.4. The minimum Gasteiger partial charge on any atom is -0.487 e. The minimum absolute atomic E-state index is 0.193. The lowest BCUT2D eigenvalue weighted by molar-refractivity contribution is -0.114. The summed E-state index contributed by atoms with van der Waals surface area (Å²) < 4.78 is 5.38. The number of rotatable bonds is 6. The van der Waals surface area contributed by atoms with Crippen molar-refractivity contribution in [2.75, 3.05) is 0 Å². The predicted molar refractivity (Wildman–Crippen MR) is 52.4 cm³/mol. The summed E-state index contributed by atoms with van der Waals surface area (Å²) in [5.74, 6) is 1.02. The molecule has 0 bridgehead atoms. The fourth-order valence-electron chi connectivity index (χ4n) is 1.51. The van der Waals surface area contributed by atoms with Crippen LogP contribution in [0, 0.1) is 0 Å². The molecule has 1 heterocycles. The van der Waals surface area contributed by atoms with Gasteiger partial charge in [0.15, 0.2) is 12.4 Å². The second-order valence-corrected chi connectivity index (χ2v) is 3.51. The third-order valence-electron chi connectivity index (χ3n) is 2.31. The molecule has 0 aromatic heterocycles. The zero-order chi connectivity index (χ0) is 9.52. The molecule has 0 aromatic carbocycles. The molecule has 74 valence electrons. The second kappa shape index (κ2) is 5.79. The van der Waals surface area contributed by atoms with Gasteiger partial charge in [-0.25, -0.2) is 0 Å². The lowest BCUT2D eigenvalue weighted by Crippen LogP contribution is -2.06. The van der Waals surface area contributed by atoms with Crippen molar-refractivity contribution < 1.29 is 9.53 Å². The second-order valence-electron chi connectivity index (χ2n) is 3.51. The maximum Gasteiger partial charge on any atom is 0.160 e. The Bertz CT molecular complexity index is 185. The van der Waals surface area contributed by atoms with E-state index in [1.54, 1.807) is 0 Å². The first-order chi connectivity index (χ1) is 6.36. The van der Waals surface area contributed by atoms with Gasteiger partial charge in [-0.05, 0) is 12.5 Å². The Morgan fingerprint density at radius 2 is 2.38 bits per heavy atom. The van der Waals surface area contributed by atoms with Crippen LogP contribution in [0.5, 0.6) is 0 Å². The molecule has 13 heavy (non-hydrogen) atoms. The van der Waals surface area contributed by atoms with Crippen molar-refractivity contribution in [3.05, 3.63) is 11.8 Å². The van der Waals surface area contributed by atoms with Crippen molar-refractivity contribution in [2.24, 2.45) is 0 Å². The van der Waals surface area contributed by atoms with Crippen LogP contribution in [0.3, 0.4) is 0 Å². The van der Waals surface area contributed by atoms with Gasteiger partial charge in [-0.1, -0.05) is 26.2 Å². The van der Waals surface area contributed by atoms with Crippen LogP contribution in [-0.4, -0.2) is 12.4 Å². The Morgan fingerprint density at radius 3 is 3.00 bits per heavy atom. The van der Waals surface area contributed by atoms with Gasteiger partial charge < -0.3 is 4.74 Å². The fraction of sp³-hybridized carbons (Fsp3) is 0.727. The fourth-order valence-corrected chi connectivity index (χ4v) is 1.51. The lowest BCUT2D eigenvalue weighted by atomic mass is 10.1. The van der Waals surface area contributed by atoms with Crippen molar-refractivity contribution in [1.29, 1.82) is 0 Å². The minimum atomic E-state index is -0.193. The highest BCUT2D eigenvalue weighted by Crippen LogP contribution is 2.20. The maximum atomic E-state index is 10.4. The number of hydrogen-bond acceptors (Lipinski definition) is 2. The molecule has 1 aliphatic heterocycles. The molecular formula is C11H18O2. The zero-order valence-corrected chi connectivity index (χ0v) is 8.29. The number of aldehydes is 1. The molecule has 0 radical (unpaired) electrons. The molecule has 0 fully saturated rings. The number of unbranched alkanes of at least 4 members (excludes halogenated alkanes) is 3. The molecule has 0 saturated heterocycles. The van der Waals surface area contributed by atoms with Crippen molar-refractivity contribution in [3.63, 3.8) is 0 Å². The van der Waals surface area contributed by atoms with E-state index in [0.717, 1.165) is 24.9 Å². The van der Waals surface area contributed by atoms with Crippen LogP contribution in [0.1, 0.15) is 45.4 Å². The van der Waals surface area contributed by atoms with Crippen LogP contribution in [0.25, 0.3) is 0 Å². The summed E-state index contributed by atoms with van der Waals surface area (Å²) in [5, 5.41) is 0. The van der Waals surface area contributed by atoms with Crippen LogP contribution in [-0.2, 0) is 9.53 Å². The summed E-state index contributed by atoms with van der Waals surface area (Å²) >= 11 is 0. The molecule has 1 rings (SSSR count). The third-order valence-corrected chi connectivity index (χ3v) is 2.31. The van der Waals surface area contributed by atoms with Crippen molar-refractivity contribution >= 4 is 6.29 Å². The molecule has 0 amide bonds. The van der Waals surface area contributed by atoms with E-state index < -0.39 is 0 Å². The molecule has 0 N–H and O–H groups in total. The largest absolute Gasteiger partial charge is 0.487 e. The average Bonchev–Trinajstić information content (AvgIpc) is 2.60. The monoisotopic (exact) mass is 182 g/mol. The van der Waals surface area contributed by atoms with Gasteiger partial charge in [-0.15, -0.1) is 0 Å². The highest BCUT2D eigenvalue weighted by Gasteiger charge is 2.15. The van der Waals surface area contributed by atoms with E-state index in [4.69, 9.17) is 4.74 Å². The molecule has 0 saturated carbocycles. The predicted octanol–water partition coefficient (Wildman–Crippen LogP) is 2.83. The molecule has 1 aliphatic rings. The third kappa shape index (κ3) is 3.62. The van der Waals surface area contributed by atoms with Gasteiger partial charge in [0.2, 0.25) is 0 Å². The zero-order valence-electron chi connectivity index (χ0n) is 8.29. The summed E-state index contributed by atoms with van der Waals surface area (Å²) in [7, 11) is 0. The molecule has 2 nitrogen and oxygen atoms in total. The van der Waals surface area contributed by atoms with Gasteiger partial charge in [0.1, 0.15) is 0 Å². The number of hydrogen-bond donors (Lipinski definition) is 0. The number of carbonyl (C=O) groups excluding carboxylic acids is 1. The van der Waals surface area contributed by atoms with Crippen molar-refractivity contribution in [3.8, 4) is 0 Å². The molecule has 0 aromatic rings. The topological polar surface area (TPSA) is 26.3 Å². The molecular weight excluding hydrogens is 164 g/mol. The van der Waals surface area contributed by atoms with Gasteiger partial charge in [-0.2, -0.15) is 0 Å². The van der Waals surface area contributed by atoms with Crippen LogP contribution in [0.2, 0.25) is 0 Å². The molecule has 0 spiro atoms. The van der Waals surface area contributed by atoms with E-state index in [2.05, 4.69) is 6.92 Å². The molecule has 1 unspecified atom stereocenters. The smallest absolute Gasteiger partial charge is 0.160 e. The molecule has 2 heteroatoms. The Kier molecular flexibility index (Phi) is 4.58. The lowest BCUT2D eigenvalue weighted by Gasteiger charge is -2.06. The van der Waals surface area contributed by atoms with Crippen molar-refractivity contribution in [2.45, 2.75) is 51.6 Å². The number of carbonyl (C=O) groups is 1. The highest BCUT2D eigenvalue weighted by atomic mass is 16.5. The van der Waals surface area contributed by atoms with Gasteiger partial charge in [-0.3, -0.25) is 4.79 Å². The maximum absolute atomic E-state index is 10.4. The first-order valence-corrected chi connectivity index (χ1v) is 5.17. The van der Waals surface area contributed by atoms with Gasteiger partial charge >= 0.3 is 0 Å². The van der Waals surface area contributed by atoms with E-state index in [1.165, 1.54) is 25.7 Å². The first-order valence-electron chi connectivity index (χ1n) is 5.17. The summed E-state index contributed by atoms with van der Waals surface area (Å²) in [5.41, 5.74) is 0. The SMILES string of the molecule is CCCCCCC1=CCC(C=O)O1. The van der Waals surface area contributed by atoms with Crippen LogP contribution in [0.4, 0.5) is 0 Å². The number of ether oxygens (including phenoxy) is 1. The van der Waals surface area contributed by atoms with Gasteiger partial charge in [0.05, 0.1) is 5.76 Å². The van der Waals surface area contributed by atoms with Gasteiger partial charge in [0, 0.05) is 12.8 Å². The normalized spacial score (nSPS) is 21.0. The Balaban J connectivity index is 2.06. The standard InChI is InChI=1S/C11H18O2/c1-2-3-4-5-6-10-7-8-11(9-12)13-10/h7,9,11H,2-6,8H2,1H3. The summed E-state index contributed by atoms with van der Waals surface area (Å²) in [6, 6.07) is 0. The van der Waals surface area contributed by atoms with E-state index in [1.807, 2.05) is 6.08 Å². The van der Waals surface area contributed by atoms with E-state index >= 15 is 0 Å².